The number of fused-ring (bicyclic) bond motifs is 1. The molecule has 0 N–H and O–H groups in total. The number of carbonyl (C=O) groups is 1. The molecule has 0 unspecified atom stereocenters. The lowest BCUT2D eigenvalue weighted by Gasteiger charge is -2.26. The summed E-state index contributed by atoms with van der Waals surface area (Å²) >= 11 is 0. The Bertz CT molecular complexity index is 1010. The van der Waals surface area contributed by atoms with E-state index in [0.717, 1.165) is 31.1 Å². The molecule has 3 aromatic rings. The maximum Gasteiger partial charge on any atom is 0.289 e. The van der Waals surface area contributed by atoms with Crippen molar-refractivity contribution in [1.82, 2.24) is 19.6 Å². The smallest absolute Gasteiger partial charge is 0.289 e. The number of nitrogens with zero attached hydrogens (tertiary/aromatic N) is 4. The maximum atomic E-state index is 13.1. The molecule has 156 valence electrons. The van der Waals surface area contributed by atoms with Crippen LogP contribution in [0.5, 0.6) is 5.75 Å². The van der Waals surface area contributed by atoms with Crippen LogP contribution in [0, 0.1) is 11.8 Å². The van der Waals surface area contributed by atoms with E-state index in [4.69, 9.17) is 9.15 Å². The average Bonchev–Trinajstić information content (AvgIpc) is 3.53. The van der Waals surface area contributed by atoms with Crippen molar-refractivity contribution in [2.75, 3.05) is 33.8 Å². The summed E-state index contributed by atoms with van der Waals surface area (Å²) in [6.45, 7) is 3.04. The number of hydrogen-bond acceptors (Lipinski definition) is 5. The van der Waals surface area contributed by atoms with Crippen molar-refractivity contribution in [1.29, 1.82) is 0 Å². The highest BCUT2D eigenvalue weighted by Gasteiger charge is 2.47. The van der Waals surface area contributed by atoms with Gasteiger partial charge in [-0.15, -0.1) is 0 Å². The minimum absolute atomic E-state index is 0.0211. The Balaban J connectivity index is 1.29. The Labute approximate surface area is 175 Å². The lowest BCUT2D eigenvalue weighted by Crippen LogP contribution is -2.33. The van der Waals surface area contributed by atoms with Gasteiger partial charge in [-0.3, -0.25) is 14.4 Å². The Morgan fingerprint density at radius 2 is 2.00 bits per heavy atom. The molecule has 4 heterocycles. The van der Waals surface area contributed by atoms with E-state index in [2.05, 4.69) is 29.2 Å². The molecule has 7 heteroatoms. The van der Waals surface area contributed by atoms with E-state index in [1.54, 1.807) is 24.1 Å². The fraction of sp³-hybridized carbons (Fsp3) is 0.391. The van der Waals surface area contributed by atoms with Gasteiger partial charge in [0.1, 0.15) is 11.5 Å². The fourth-order valence-corrected chi connectivity index (χ4v) is 5.01. The molecule has 2 aliphatic rings. The van der Waals surface area contributed by atoms with Gasteiger partial charge in [0.05, 0.1) is 13.7 Å². The second-order valence-electron chi connectivity index (χ2n) is 8.26. The first-order chi connectivity index (χ1) is 14.6. The number of carbonyl (C=O) groups excluding carboxylic acids is 1. The predicted octanol–water partition coefficient (Wildman–Crippen LogP) is 2.91. The van der Waals surface area contributed by atoms with Crippen molar-refractivity contribution in [3.8, 4) is 5.75 Å². The molecule has 1 aromatic carbocycles. The number of ether oxygens (including phenoxy) is 1. The van der Waals surface area contributed by atoms with Gasteiger partial charge in [0.2, 0.25) is 0 Å². The van der Waals surface area contributed by atoms with Gasteiger partial charge in [0.15, 0.2) is 5.76 Å². The van der Waals surface area contributed by atoms with Crippen LogP contribution in [0.2, 0.25) is 0 Å². The summed E-state index contributed by atoms with van der Waals surface area (Å²) < 4.78 is 12.9. The molecule has 0 saturated carbocycles. The van der Waals surface area contributed by atoms with Crippen LogP contribution in [0.25, 0.3) is 0 Å². The van der Waals surface area contributed by atoms with Crippen LogP contribution in [0.4, 0.5) is 0 Å². The average molecular weight is 406 g/mol. The summed E-state index contributed by atoms with van der Waals surface area (Å²) in [6, 6.07) is 14.1. The molecule has 30 heavy (non-hydrogen) atoms. The van der Waals surface area contributed by atoms with Gasteiger partial charge in [0.25, 0.3) is 5.91 Å². The molecule has 2 fully saturated rings. The summed E-state index contributed by atoms with van der Waals surface area (Å²) in [5.41, 5.74) is 1.28. The largest absolute Gasteiger partial charge is 0.497 e. The zero-order valence-corrected chi connectivity index (χ0v) is 17.3. The van der Waals surface area contributed by atoms with Crippen LogP contribution in [0.15, 0.2) is 59.3 Å². The van der Waals surface area contributed by atoms with Gasteiger partial charge in [-0.05, 0) is 48.9 Å². The molecule has 0 spiro atoms. The quantitative estimate of drug-likeness (QED) is 0.652. The number of amides is 1. The highest BCUT2D eigenvalue weighted by molar-refractivity contribution is 5.91. The van der Waals surface area contributed by atoms with E-state index < -0.39 is 0 Å². The standard InChI is InChI=1S/C23H26N4O3/c1-25-12-17-13-26(15-20(17)22(25)16-4-6-18(29-2)7-5-16)23(28)21-9-8-19(30-21)14-27-11-3-10-24-27/h3-11,17,20,22H,12-15H2,1-2H3/t17-,20+,22-/m0/s1. The van der Waals surface area contributed by atoms with Crippen molar-refractivity contribution in [2.45, 2.75) is 12.6 Å². The molecule has 0 aliphatic carbocycles. The van der Waals surface area contributed by atoms with Gasteiger partial charge in [-0.2, -0.15) is 5.10 Å². The highest BCUT2D eigenvalue weighted by atomic mass is 16.5. The molecule has 1 amide bonds. The van der Waals surface area contributed by atoms with Crippen LogP contribution in [-0.4, -0.2) is 59.3 Å². The third-order valence-electron chi connectivity index (χ3n) is 6.39. The molecule has 5 rings (SSSR count). The molecule has 2 aliphatic heterocycles. The van der Waals surface area contributed by atoms with E-state index in [1.807, 2.05) is 35.4 Å². The van der Waals surface area contributed by atoms with Gasteiger partial charge in [-0.1, -0.05) is 12.1 Å². The molecule has 7 nitrogen and oxygen atoms in total. The van der Waals surface area contributed by atoms with Crippen molar-refractivity contribution in [2.24, 2.45) is 11.8 Å². The normalized spacial score (nSPS) is 23.7. The van der Waals surface area contributed by atoms with E-state index in [9.17, 15) is 4.79 Å². The van der Waals surface area contributed by atoms with Crippen LogP contribution < -0.4 is 4.74 Å². The van der Waals surface area contributed by atoms with E-state index in [1.165, 1.54) is 5.56 Å². The number of furan rings is 1. The first-order valence-electron chi connectivity index (χ1n) is 10.3. The summed E-state index contributed by atoms with van der Waals surface area (Å²) in [4.78, 5) is 17.4. The predicted molar refractivity (Wildman–Crippen MR) is 111 cm³/mol. The Morgan fingerprint density at radius 3 is 2.73 bits per heavy atom. The van der Waals surface area contributed by atoms with Crippen molar-refractivity contribution in [3.63, 3.8) is 0 Å². The van der Waals surface area contributed by atoms with E-state index in [0.29, 0.717) is 30.2 Å². The first-order valence-corrected chi connectivity index (χ1v) is 10.3. The molecule has 3 atom stereocenters. The summed E-state index contributed by atoms with van der Waals surface area (Å²) in [7, 11) is 3.86. The maximum absolute atomic E-state index is 13.1. The monoisotopic (exact) mass is 406 g/mol. The minimum Gasteiger partial charge on any atom is -0.497 e. The number of aromatic nitrogens is 2. The molecule has 0 bridgehead atoms. The van der Waals surface area contributed by atoms with Gasteiger partial charge in [0, 0.05) is 44.0 Å². The molecule has 2 aromatic heterocycles. The Kier molecular flexibility index (Phi) is 4.83. The number of benzene rings is 1. The van der Waals surface area contributed by atoms with E-state index >= 15 is 0 Å². The molecule has 0 radical (unpaired) electrons. The lowest BCUT2D eigenvalue weighted by molar-refractivity contribution is 0.0734. The topological polar surface area (TPSA) is 63.7 Å². The van der Waals surface area contributed by atoms with Crippen LogP contribution in [0.1, 0.15) is 27.9 Å². The van der Waals surface area contributed by atoms with Gasteiger partial charge < -0.3 is 14.1 Å². The summed E-state index contributed by atoms with van der Waals surface area (Å²) in [5, 5.41) is 4.19. The van der Waals surface area contributed by atoms with E-state index in [-0.39, 0.29) is 5.91 Å². The number of likely N-dealkylation sites (tertiary alicyclic amines) is 2. The first kappa shape index (κ1) is 18.9. The van der Waals surface area contributed by atoms with Crippen LogP contribution in [0.3, 0.4) is 0 Å². The minimum atomic E-state index is -0.0211. The Hall–Kier alpha value is -3.06. The van der Waals surface area contributed by atoms with Crippen molar-refractivity contribution >= 4 is 5.91 Å². The molecular formula is C23H26N4O3. The van der Waals surface area contributed by atoms with Crippen LogP contribution >= 0.6 is 0 Å². The second kappa shape index (κ2) is 7.65. The summed E-state index contributed by atoms with van der Waals surface area (Å²) in [6.07, 6.45) is 3.61. The zero-order valence-electron chi connectivity index (χ0n) is 17.3. The number of hydrogen-bond donors (Lipinski definition) is 0. The summed E-state index contributed by atoms with van der Waals surface area (Å²) in [5.74, 6) is 2.88. The van der Waals surface area contributed by atoms with Crippen LogP contribution in [-0.2, 0) is 6.54 Å². The molecular weight excluding hydrogens is 380 g/mol. The molecule has 2 saturated heterocycles. The number of rotatable bonds is 5. The number of methoxy groups -OCH3 is 1. The lowest BCUT2D eigenvalue weighted by atomic mass is 9.89. The highest BCUT2D eigenvalue weighted by Crippen LogP contribution is 2.44. The van der Waals surface area contributed by atoms with Crippen molar-refractivity contribution < 1.29 is 13.9 Å². The Morgan fingerprint density at radius 1 is 1.17 bits per heavy atom. The van der Waals surface area contributed by atoms with Crippen molar-refractivity contribution in [3.05, 3.63) is 71.9 Å². The van der Waals surface area contributed by atoms with Gasteiger partial charge in [-0.25, -0.2) is 0 Å². The third kappa shape index (κ3) is 3.39. The SMILES string of the molecule is COc1ccc([C@H]2[C@@H]3CN(C(=O)c4ccc(Cn5cccn5)o4)C[C@@H]3CN2C)cc1. The zero-order chi connectivity index (χ0) is 20.7. The second-order valence-corrected chi connectivity index (χ2v) is 8.26. The fourth-order valence-electron chi connectivity index (χ4n) is 5.01. The third-order valence-corrected chi connectivity index (χ3v) is 6.39. The van der Waals surface area contributed by atoms with Gasteiger partial charge >= 0.3 is 0 Å².